The van der Waals surface area contributed by atoms with Gasteiger partial charge in [-0.15, -0.1) is 0 Å². The molecule has 0 bridgehead atoms. The summed E-state index contributed by atoms with van der Waals surface area (Å²) < 4.78 is 2.20. The van der Waals surface area contributed by atoms with Crippen LogP contribution in [-0.4, -0.2) is 52.1 Å². The fourth-order valence-corrected chi connectivity index (χ4v) is 2.06. The number of carbonyl (C=O) groups is 1. The van der Waals surface area contributed by atoms with E-state index in [0.29, 0.717) is 0 Å². The van der Waals surface area contributed by atoms with Gasteiger partial charge in [0, 0.05) is 5.92 Å². The summed E-state index contributed by atoms with van der Waals surface area (Å²) in [6.45, 7) is 10.6. The van der Waals surface area contributed by atoms with Gasteiger partial charge in [0.05, 0.1) is 6.54 Å². The van der Waals surface area contributed by atoms with Crippen molar-refractivity contribution in [3.63, 3.8) is 0 Å². The van der Waals surface area contributed by atoms with Crippen LogP contribution in [0.4, 0.5) is 0 Å². The van der Waals surface area contributed by atoms with E-state index in [0.717, 1.165) is 26.1 Å². The summed E-state index contributed by atoms with van der Waals surface area (Å²) in [5.74, 6) is -0.653. The Bertz CT molecular complexity index is 299. The highest BCUT2D eigenvalue weighted by molar-refractivity contribution is 5.81. The molecule has 0 spiro atoms. The van der Waals surface area contributed by atoms with Crippen molar-refractivity contribution in [1.82, 2.24) is 4.90 Å². The van der Waals surface area contributed by atoms with E-state index in [4.69, 9.17) is 0 Å². The molecule has 4 heteroatoms. The molecule has 0 saturated carbocycles. The number of carboxylic acid groups (broad SMARTS) is 1. The molecule has 1 aliphatic heterocycles. The first-order chi connectivity index (χ1) is 7.42. The van der Waals surface area contributed by atoms with Crippen molar-refractivity contribution < 1.29 is 14.5 Å². The van der Waals surface area contributed by atoms with Gasteiger partial charge in [-0.25, -0.2) is 9.69 Å². The minimum absolute atomic E-state index is 0.0860. The summed E-state index contributed by atoms with van der Waals surface area (Å²) in [4.78, 5) is 13.4. The summed E-state index contributed by atoms with van der Waals surface area (Å²) in [5, 5.41) is 9.40. The van der Waals surface area contributed by atoms with Crippen LogP contribution in [0.15, 0.2) is 0 Å². The highest BCUT2D eigenvalue weighted by atomic mass is 16.4. The van der Waals surface area contributed by atoms with Crippen molar-refractivity contribution >= 4 is 12.3 Å². The van der Waals surface area contributed by atoms with Gasteiger partial charge in [0.25, 0.3) is 0 Å². The Morgan fingerprint density at radius 1 is 1.62 bits per heavy atom. The maximum atomic E-state index is 11.4. The number of nitrogens with zero attached hydrogens (tertiary/aromatic N) is 2. The van der Waals surface area contributed by atoms with E-state index in [1.807, 2.05) is 32.0 Å². The van der Waals surface area contributed by atoms with E-state index in [2.05, 4.69) is 11.5 Å². The minimum Gasteiger partial charge on any atom is -0.478 e. The summed E-state index contributed by atoms with van der Waals surface area (Å²) in [6.07, 6.45) is 3.08. The highest BCUT2D eigenvalue weighted by Crippen LogP contribution is 2.25. The lowest BCUT2D eigenvalue weighted by molar-refractivity contribution is -0.513. The van der Waals surface area contributed by atoms with Crippen LogP contribution in [0.2, 0.25) is 0 Å². The van der Waals surface area contributed by atoms with Crippen LogP contribution >= 0.6 is 0 Å². The first-order valence-corrected chi connectivity index (χ1v) is 6.02. The standard InChI is InChI=1S/C12H22N2O2/c1-5-6-13-7-8-14(9-13)12(4,10(2)3)11(15)16/h9-10H,5-8H2,1-4H3/p+1. The zero-order valence-corrected chi connectivity index (χ0v) is 10.7. The van der Waals surface area contributed by atoms with E-state index in [1.54, 1.807) is 0 Å². The van der Waals surface area contributed by atoms with Crippen LogP contribution in [0, 0.1) is 5.92 Å². The molecule has 1 N–H and O–H groups in total. The van der Waals surface area contributed by atoms with Gasteiger partial charge in [-0.3, -0.25) is 4.58 Å². The third kappa shape index (κ3) is 2.20. The van der Waals surface area contributed by atoms with Crippen LogP contribution in [0.1, 0.15) is 34.1 Å². The zero-order chi connectivity index (χ0) is 12.3. The molecule has 0 radical (unpaired) electrons. The molecule has 0 aliphatic carbocycles. The number of hydrogen-bond donors (Lipinski definition) is 1. The summed E-state index contributed by atoms with van der Waals surface area (Å²) >= 11 is 0. The molecule has 92 valence electrons. The third-order valence-corrected chi connectivity index (χ3v) is 3.60. The fraction of sp³-hybridized carbons (Fsp3) is 0.833. The lowest BCUT2D eigenvalue weighted by Crippen LogP contribution is -2.54. The molecule has 0 saturated heterocycles. The fourth-order valence-electron chi connectivity index (χ4n) is 2.06. The van der Waals surface area contributed by atoms with Crippen LogP contribution in [0.5, 0.6) is 0 Å². The normalized spacial score (nSPS) is 19.8. The topological polar surface area (TPSA) is 43.5 Å². The van der Waals surface area contributed by atoms with Gasteiger partial charge >= 0.3 is 5.97 Å². The van der Waals surface area contributed by atoms with Gasteiger partial charge in [-0.05, 0) is 13.3 Å². The average molecular weight is 227 g/mol. The molecule has 1 heterocycles. The Kier molecular flexibility index (Phi) is 3.94. The lowest BCUT2D eigenvalue weighted by Gasteiger charge is -2.31. The molecule has 4 nitrogen and oxygen atoms in total. The quantitative estimate of drug-likeness (QED) is 0.719. The molecule has 1 rings (SSSR count). The molecular weight excluding hydrogens is 204 g/mol. The molecule has 0 aromatic heterocycles. The lowest BCUT2D eigenvalue weighted by atomic mass is 9.87. The molecule has 0 aromatic rings. The van der Waals surface area contributed by atoms with Gasteiger partial charge < -0.3 is 5.11 Å². The second-order valence-electron chi connectivity index (χ2n) is 4.95. The number of hydrogen-bond acceptors (Lipinski definition) is 2. The first kappa shape index (κ1) is 13.0. The Morgan fingerprint density at radius 3 is 2.69 bits per heavy atom. The number of rotatable bonds is 5. The summed E-state index contributed by atoms with van der Waals surface area (Å²) in [7, 11) is 0. The van der Waals surface area contributed by atoms with Crippen molar-refractivity contribution in [3.05, 3.63) is 0 Å². The van der Waals surface area contributed by atoms with E-state index in [1.165, 1.54) is 0 Å². The summed E-state index contributed by atoms with van der Waals surface area (Å²) in [5.41, 5.74) is -0.789. The van der Waals surface area contributed by atoms with Crippen LogP contribution in [-0.2, 0) is 4.79 Å². The van der Waals surface area contributed by atoms with Gasteiger partial charge in [0.1, 0.15) is 13.1 Å². The Labute approximate surface area is 97.6 Å². The van der Waals surface area contributed by atoms with Crippen LogP contribution in [0.3, 0.4) is 0 Å². The Balaban J connectivity index is 2.87. The smallest absolute Gasteiger partial charge is 0.352 e. The molecule has 0 aromatic carbocycles. The molecule has 1 unspecified atom stereocenters. The molecular formula is C12H23N2O2+. The maximum Gasteiger partial charge on any atom is 0.352 e. The Morgan fingerprint density at radius 2 is 2.25 bits per heavy atom. The van der Waals surface area contributed by atoms with Gasteiger partial charge in [0.2, 0.25) is 11.9 Å². The predicted molar refractivity (Wildman–Crippen MR) is 63.9 cm³/mol. The first-order valence-electron chi connectivity index (χ1n) is 6.02. The van der Waals surface area contributed by atoms with Gasteiger partial charge in [-0.2, -0.15) is 0 Å². The largest absolute Gasteiger partial charge is 0.478 e. The maximum absolute atomic E-state index is 11.4. The molecule has 0 amide bonds. The second-order valence-corrected chi connectivity index (χ2v) is 4.95. The number of aliphatic carboxylic acids is 1. The van der Waals surface area contributed by atoms with Crippen molar-refractivity contribution in [2.24, 2.45) is 5.92 Å². The van der Waals surface area contributed by atoms with E-state index < -0.39 is 11.5 Å². The summed E-state index contributed by atoms with van der Waals surface area (Å²) in [6, 6.07) is 0. The third-order valence-electron chi connectivity index (χ3n) is 3.60. The van der Waals surface area contributed by atoms with E-state index in [9.17, 15) is 9.90 Å². The van der Waals surface area contributed by atoms with E-state index in [-0.39, 0.29) is 5.92 Å². The highest BCUT2D eigenvalue weighted by Gasteiger charge is 2.48. The SMILES string of the molecule is CCC[N+]1=CN(C(C)(C(=O)O)C(C)C)CC1. The predicted octanol–water partition coefficient (Wildman–Crippen LogP) is 1.25. The van der Waals surface area contributed by atoms with Gasteiger partial charge in [-0.1, -0.05) is 20.8 Å². The molecule has 16 heavy (non-hydrogen) atoms. The van der Waals surface area contributed by atoms with Crippen molar-refractivity contribution in [2.45, 2.75) is 39.7 Å². The molecule has 1 aliphatic rings. The van der Waals surface area contributed by atoms with Crippen LogP contribution < -0.4 is 0 Å². The monoisotopic (exact) mass is 227 g/mol. The average Bonchev–Trinajstić information content (AvgIpc) is 2.65. The van der Waals surface area contributed by atoms with Crippen molar-refractivity contribution in [1.29, 1.82) is 0 Å². The number of carboxylic acids is 1. The molecule has 1 atom stereocenters. The van der Waals surface area contributed by atoms with Crippen LogP contribution in [0.25, 0.3) is 0 Å². The second kappa shape index (κ2) is 4.85. The van der Waals surface area contributed by atoms with Crippen molar-refractivity contribution in [2.75, 3.05) is 19.6 Å². The van der Waals surface area contributed by atoms with Crippen molar-refractivity contribution in [3.8, 4) is 0 Å². The van der Waals surface area contributed by atoms with Gasteiger partial charge in [0.15, 0.2) is 0 Å². The molecule has 0 fully saturated rings. The zero-order valence-electron chi connectivity index (χ0n) is 10.7. The minimum atomic E-state index is -0.789. The Hall–Kier alpha value is -1.06. The van der Waals surface area contributed by atoms with E-state index >= 15 is 0 Å².